The highest BCUT2D eigenvalue weighted by Gasteiger charge is 2.13. The second-order valence-corrected chi connectivity index (χ2v) is 3.17. The highest BCUT2D eigenvalue weighted by atomic mass is 16.6. The molecule has 2 heteroatoms. The molecule has 66 valence electrons. The lowest BCUT2D eigenvalue weighted by Gasteiger charge is -1.91. The summed E-state index contributed by atoms with van der Waals surface area (Å²) in [5.74, 6) is 0. The van der Waals surface area contributed by atoms with Gasteiger partial charge in [0.25, 0.3) is 0 Å². The molecule has 2 aliphatic rings. The van der Waals surface area contributed by atoms with Crippen molar-refractivity contribution >= 4 is 0 Å². The van der Waals surface area contributed by atoms with Gasteiger partial charge in [-0.15, -0.1) is 0 Å². The van der Waals surface area contributed by atoms with Crippen molar-refractivity contribution in [2.24, 2.45) is 0 Å². The van der Waals surface area contributed by atoms with Gasteiger partial charge in [0.1, 0.15) is 0 Å². The van der Waals surface area contributed by atoms with Crippen LogP contribution in [0.3, 0.4) is 0 Å². The Morgan fingerprint density at radius 3 is 1.82 bits per heavy atom. The van der Waals surface area contributed by atoms with Gasteiger partial charge in [-0.1, -0.05) is 12.8 Å². The Hall–Kier alpha value is -0.0800. The van der Waals surface area contributed by atoms with Crippen LogP contribution in [0, 0.1) is 0 Å². The molecule has 1 unspecified atom stereocenters. The van der Waals surface area contributed by atoms with Crippen molar-refractivity contribution in [1.29, 1.82) is 0 Å². The van der Waals surface area contributed by atoms with Gasteiger partial charge in [0.2, 0.25) is 0 Å². The topological polar surface area (TPSA) is 21.8 Å². The maximum Gasteiger partial charge on any atom is 0.0781 e. The van der Waals surface area contributed by atoms with Gasteiger partial charge in [0.05, 0.1) is 12.7 Å². The summed E-state index contributed by atoms with van der Waals surface area (Å²) < 4.78 is 9.90. The van der Waals surface area contributed by atoms with E-state index >= 15 is 0 Å². The normalized spacial score (nSPS) is 29.7. The monoisotopic (exact) mass is 158 g/mol. The van der Waals surface area contributed by atoms with Gasteiger partial charge in [-0.2, -0.15) is 0 Å². The largest absolute Gasteiger partial charge is 0.381 e. The van der Waals surface area contributed by atoms with E-state index < -0.39 is 0 Å². The lowest BCUT2D eigenvalue weighted by atomic mass is 10.2. The fourth-order valence-corrected chi connectivity index (χ4v) is 0.960. The van der Waals surface area contributed by atoms with Crippen LogP contribution in [0.25, 0.3) is 0 Å². The minimum absolute atomic E-state index is 0.583. The van der Waals surface area contributed by atoms with E-state index in [0.29, 0.717) is 6.10 Å². The Bertz CT molecular complexity index is 69.9. The molecule has 2 rings (SSSR count). The molecule has 0 spiro atoms. The smallest absolute Gasteiger partial charge is 0.0781 e. The first-order valence-electron chi connectivity index (χ1n) is 4.59. The van der Waals surface area contributed by atoms with Crippen molar-refractivity contribution in [3.63, 3.8) is 0 Å². The van der Waals surface area contributed by atoms with E-state index in [1.165, 1.54) is 25.7 Å². The Morgan fingerprint density at radius 1 is 1.00 bits per heavy atom. The predicted octanol–water partition coefficient (Wildman–Crippen LogP) is 1.98. The zero-order valence-electron chi connectivity index (χ0n) is 7.34. The van der Waals surface area contributed by atoms with Crippen LogP contribution in [0.5, 0.6) is 0 Å². The van der Waals surface area contributed by atoms with Crippen LogP contribution < -0.4 is 0 Å². The predicted molar refractivity (Wildman–Crippen MR) is 44.7 cm³/mol. The molecule has 0 aromatic carbocycles. The quantitative estimate of drug-likeness (QED) is 0.503. The third kappa shape index (κ3) is 6.32. The molecule has 2 heterocycles. The number of rotatable bonds is 0. The molecule has 0 aromatic heterocycles. The van der Waals surface area contributed by atoms with Gasteiger partial charge >= 0.3 is 0 Å². The van der Waals surface area contributed by atoms with Crippen molar-refractivity contribution in [1.82, 2.24) is 0 Å². The summed E-state index contributed by atoms with van der Waals surface area (Å²) in [6.45, 7) is 5.04. The standard InChI is InChI=1S/C6H12O.C3H6O/c1-2-4-6-7-5-3-1;1-3-2-4-3/h1-6H2;3H,2H2,1H3. The fraction of sp³-hybridized carbons (Fsp3) is 1.00. The van der Waals surface area contributed by atoms with Gasteiger partial charge < -0.3 is 9.47 Å². The van der Waals surface area contributed by atoms with Gasteiger partial charge in [0.15, 0.2) is 0 Å². The lowest BCUT2D eigenvalue weighted by molar-refractivity contribution is 0.144. The first-order valence-corrected chi connectivity index (χ1v) is 4.59. The second kappa shape index (κ2) is 5.56. The Labute approximate surface area is 68.9 Å². The number of hydrogen-bond donors (Lipinski definition) is 0. The van der Waals surface area contributed by atoms with Gasteiger partial charge in [-0.05, 0) is 19.8 Å². The van der Waals surface area contributed by atoms with Crippen LogP contribution in [0.2, 0.25) is 0 Å². The van der Waals surface area contributed by atoms with Crippen molar-refractivity contribution in [3.05, 3.63) is 0 Å². The molecule has 0 aromatic rings. The molecule has 0 bridgehead atoms. The van der Waals surface area contributed by atoms with E-state index in [-0.39, 0.29) is 0 Å². The average molecular weight is 158 g/mol. The summed E-state index contributed by atoms with van der Waals surface area (Å²) in [7, 11) is 0. The number of ether oxygens (including phenoxy) is 2. The summed E-state index contributed by atoms with van der Waals surface area (Å²) in [6.07, 6.45) is 5.89. The molecule has 1 atom stereocenters. The van der Waals surface area contributed by atoms with Crippen molar-refractivity contribution in [2.45, 2.75) is 38.7 Å². The minimum Gasteiger partial charge on any atom is -0.381 e. The van der Waals surface area contributed by atoms with Crippen LogP contribution in [0.1, 0.15) is 32.6 Å². The third-order valence-electron chi connectivity index (χ3n) is 1.83. The Kier molecular flexibility index (Phi) is 4.55. The van der Waals surface area contributed by atoms with E-state index in [2.05, 4.69) is 6.92 Å². The molecule has 0 N–H and O–H groups in total. The van der Waals surface area contributed by atoms with E-state index in [1.807, 2.05) is 0 Å². The van der Waals surface area contributed by atoms with Crippen molar-refractivity contribution in [2.75, 3.05) is 19.8 Å². The highest BCUT2D eigenvalue weighted by Crippen LogP contribution is 2.04. The maximum atomic E-state index is 5.19. The molecule has 0 aliphatic carbocycles. The van der Waals surface area contributed by atoms with E-state index in [0.717, 1.165) is 19.8 Å². The van der Waals surface area contributed by atoms with Crippen LogP contribution >= 0.6 is 0 Å². The summed E-state index contributed by atoms with van der Waals surface area (Å²) >= 11 is 0. The second-order valence-electron chi connectivity index (χ2n) is 3.17. The lowest BCUT2D eigenvalue weighted by Crippen LogP contribution is -1.89. The zero-order valence-corrected chi connectivity index (χ0v) is 7.34. The van der Waals surface area contributed by atoms with Gasteiger partial charge in [0, 0.05) is 13.2 Å². The summed E-state index contributed by atoms with van der Waals surface area (Å²) in [5, 5.41) is 0. The van der Waals surface area contributed by atoms with Crippen LogP contribution in [0.15, 0.2) is 0 Å². The molecule has 2 saturated heterocycles. The molecule has 2 nitrogen and oxygen atoms in total. The minimum atomic E-state index is 0.583. The zero-order chi connectivity index (χ0) is 7.94. The van der Waals surface area contributed by atoms with E-state index in [1.54, 1.807) is 0 Å². The van der Waals surface area contributed by atoms with Crippen LogP contribution in [-0.4, -0.2) is 25.9 Å². The molecule has 2 aliphatic heterocycles. The summed E-state index contributed by atoms with van der Waals surface area (Å²) in [5.41, 5.74) is 0. The van der Waals surface area contributed by atoms with Crippen molar-refractivity contribution in [3.8, 4) is 0 Å². The van der Waals surface area contributed by atoms with E-state index in [9.17, 15) is 0 Å². The highest BCUT2D eigenvalue weighted by molar-refractivity contribution is 4.58. The molecule has 11 heavy (non-hydrogen) atoms. The van der Waals surface area contributed by atoms with E-state index in [4.69, 9.17) is 9.47 Å². The molecule has 2 fully saturated rings. The first kappa shape index (κ1) is 9.01. The molecule has 0 amide bonds. The number of hydrogen-bond acceptors (Lipinski definition) is 2. The van der Waals surface area contributed by atoms with Crippen LogP contribution in [0.4, 0.5) is 0 Å². The first-order chi connectivity index (χ1) is 5.39. The fourth-order valence-electron chi connectivity index (χ4n) is 0.960. The molecular formula is C9H18O2. The van der Waals surface area contributed by atoms with Gasteiger partial charge in [-0.3, -0.25) is 0 Å². The molecule has 0 saturated carbocycles. The average Bonchev–Trinajstić information content (AvgIpc) is 2.76. The van der Waals surface area contributed by atoms with Gasteiger partial charge in [-0.25, -0.2) is 0 Å². The summed E-state index contributed by atoms with van der Waals surface area (Å²) in [4.78, 5) is 0. The maximum absolute atomic E-state index is 5.19. The molecular weight excluding hydrogens is 140 g/mol. The third-order valence-corrected chi connectivity index (χ3v) is 1.83. The summed E-state index contributed by atoms with van der Waals surface area (Å²) in [6, 6.07) is 0. The van der Waals surface area contributed by atoms with Crippen molar-refractivity contribution < 1.29 is 9.47 Å². The SMILES string of the molecule is C1CCCOCC1.CC1CO1. The van der Waals surface area contributed by atoms with Crippen LogP contribution in [-0.2, 0) is 9.47 Å². The molecule has 0 radical (unpaired) electrons. The Morgan fingerprint density at radius 2 is 1.45 bits per heavy atom. The Balaban J connectivity index is 0.000000128. The number of epoxide rings is 1.